The number of nitrogens with zero attached hydrogens (tertiary/aromatic N) is 2. The molecule has 0 spiro atoms. The summed E-state index contributed by atoms with van der Waals surface area (Å²) in [7, 11) is 0. The number of nitrogens with one attached hydrogen (secondary N) is 2. The molecule has 2 saturated heterocycles. The molecule has 4 atom stereocenters. The monoisotopic (exact) mass is 358 g/mol. The fourth-order valence-corrected chi connectivity index (χ4v) is 6.57. The van der Waals surface area contributed by atoms with E-state index in [9.17, 15) is 9.59 Å². The molecule has 1 saturated carbocycles. The number of piperidine rings is 1. The Morgan fingerprint density at radius 3 is 3.08 bits per heavy atom. The molecule has 2 aliphatic heterocycles. The third kappa shape index (κ3) is 2.02. The zero-order valence-corrected chi connectivity index (χ0v) is 15.3. The number of carbonyl (C=O) groups is 1. The molecule has 25 heavy (non-hydrogen) atoms. The number of aromatic nitrogens is 2. The lowest BCUT2D eigenvalue weighted by Gasteiger charge is -2.50. The first kappa shape index (κ1) is 15.5. The summed E-state index contributed by atoms with van der Waals surface area (Å²) < 4.78 is 0. The summed E-state index contributed by atoms with van der Waals surface area (Å²) in [4.78, 5) is 35.8. The fourth-order valence-electron chi connectivity index (χ4n) is 5.46. The van der Waals surface area contributed by atoms with Crippen molar-refractivity contribution in [3.63, 3.8) is 0 Å². The highest BCUT2D eigenvalue weighted by molar-refractivity contribution is 7.20. The SMILES string of the molecule is Cc1c(C(=O)N2C[C@@H]3C[C@@]4(C)[C@H](CCC[C@@H]24)N3)sc2nc[nH]c(=O)c12. The number of fused-ring (bicyclic) bond motifs is 2. The minimum atomic E-state index is -0.164. The average molecular weight is 358 g/mol. The lowest BCUT2D eigenvalue weighted by Crippen LogP contribution is -2.57. The van der Waals surface area contributed by atoms with E-state index in [1.165, 1.54) is 36.9 Å². The molecule has 2 aromatic rings. The summed E-state index contributed by atoms with van der Waals surface area (Å²) in [5.41, 5.74) is 0.780. The Hall–Kier alpha value is -1.73. The first-order valence-electron chi connectivity index (χ1n) is 9.03. The first-order valence-corrected chi connectivity index (χ1v) is 9.84. The second kappa shape index (κ2) is 5.14. The van der Waals surface area contributed by atoms with Crippen molar-refractivity contribution in [1.29, 1.82) is 0 Å². The zero-order valence-electron chi connectivity index (χ0n) is 14.5. The normalized spacial score (nSPS) is 33.8. The van der Waals surface area contributed by atoms with Crippen LogP contribution in [0.2, 0.25) is 0 Å². The highest BCUT2D eigenvalue weighted by Gasteiger charge is 2.57. The van der Waals surface area contributed by atoms with Gasteiger partial charge in [-0.25, -0.2) is 4.98 Å². The summed E-state index contributed by atoms with van der Waals surface area (Å²) in [6.07, 6.45) is 6.04. The van der Waals surface area contributed by atoms with Gasteiger partial charge in [-0.3, -0.25) is 9.59 Å². The number of hydrogen-bond acceptors (Lipinski definition) is 5. The van der Waals surface area contributed by atoms with Gasteiger partial charge in [0.1, 0.15) is 4.83 Å². The maximum absolute atomic E-state index is 13.4. The highest BCUT2D eigenvalue weighted by atomic mass is 32.1. The van der Waals surface area contributed by atoms with Crippen LogP contribution < -0.4 is 10.9 Å². The Bertz CT molecular complexity index is 935. The number of carbonyl (C=O) groups excluding carboxylic acids is 1. The van der Waals surface area contributed by atoms with E-state index < -0.39 is 0 Å². The van der Waals surface area contributed by atoms with Crippen LogP contribution in [0.3, 0.4) is 0 Å². The maximum atomic E-state index is 13.4. The second-order valence-corrected chi connectivity index (χ2v) is 9.00. The van der Waals surface area contributed by atoms with Gasteiger partial charge in [0.2, 0.25) is 0 Å². The third-order valence-corrected chi connectivity index (χ3v) is 7.82. The molecule has 2 N–H and O–H groups in total. The molecule has 4 heterocycles. The molecule has 1 amide bonds. The standard InChI is InChI=1S/C18H22N4O2S/c1-9-13-15(23)19-8-20-16(13)25-14(9)17(24)22-7-10-6-18(2)11(21-10)4-3-5-12(18)22/h8,10-12,21H,3-7H2,1-2H3,(H,19,20,23)/t10-,11-,12+,18-/m0/s1. The van der Waals surface area contributed by atoms with Crippen molar-refractivity contribution in [2.75, 3.05) is 6.54 Å². The molecule has 0 aromatic carbocycles. The van der Waals surface area contributed by atoms with Crippen LogP contribution in [-0.4, -0.2) is 45.4 Å². The zero-order chi connectivity index (χ0) is 17.3. The second-order valence-electron chi connectivity index (χ2n) is 8.00. The Labute approximate surface area is 149 Å². The van der Waals surface area contributed by atoms with Crippen LogP contribution in [-0.2, 0) is 0 Å². The van der Waals surface area contributed by atoms with Gasteiger partial charge in [-0.15, -0.1) is 11.3 Å². The van der Waals surface area contributed by atoms with Crippen molar-refractivity contribution in [3.05, 3.63) is 27.1 Å². The molecule has 132 valence electrons. The van der Waals surface area contributed by atoms with Gasteiger partial charge in [0.25, 0.3) is 11.5 Å². The first-order chi connectivity index (χ1) is 12.0. The Morgan fingerprint density at radius 1 is 1.44 bits per heavy atom. The van der Waals surface area contributed by atoms with Crippen LogP contribution in [0.1, 0.15) is 47.8 Å². The molecular weight excluding hydrogens is 336 g/mol. The third-order valence-electron chi connectivity index (χ3n) is 6.63. The van der Waals surface area contributed by atoms with Gasteiger partial charge < -0.3 is 15.2 Å². The van der Waals surface area contributed by atoms with E-state index in [0.717, 1.165) is 18.5 Å². The minimum Gasteiger partial charge on any atom is -0.333 e. The van der Waals surface area contributed by atoms with E-state index in [0.29, 0.717) is 33.2 Å². The molecule has 3 fully saturated rings. The van der Waals surface area contributed by atoms with Gasteiger partial charge in [-0.2, -0.15) is 0 Å². The van der Waals surface area contributed by atoms with Crippen molar-refractivity contribution >= 4 is 27.5 Å². The van der Waals surface area contributed by atoms with Crippen molar-refractivity contribution in [2.45, 2.75) is 57.7 Å². The number of hydrogen-bond donors (Lipinski definition) is 2. The van der Waals surface area contributed by atoms with Crippen molar-refractivity contribution < 1.29 is 4.79 Å². The smallest absolute Gasteiger partial charge is 0.264 e. The van der Waals surface area contributed by atoms with Crippen LogP contribution in [0.5, 0.6) is 0 Å². The number of aryl methyl sites for hydroxylation is 1. The molecule has 0 unspecified atom stereocenters. The number of thiophene rings is 1. The van der Waals surface area contributed by atoms with Gasteiger partial charge in [-0.1, -0.05) is 6.92 Å². The van der Waals surface area contributed by atoms with Gasteiger partial charge in [0, 0.05) is 30.1 Å². The number of amides is 1. The average Bonchev–Trinajstić information content (AvgIpc) is 3.09. The molecule has 3 aliphatic rings. The summed E-state index contributed by atoms with van der Waals surface area (Å²) in [5, 5.41) is 4.31. The van der Waals surface area contributed by atoms with Gasteiger partial charge in [-0.05, 0) is 38.2 Å². The predicted molar refractivity (Wildman–Crippen MR) is 97.1 cm³/mol. The van der Waals surface area contributed by atoms with E-state index >= 15 is 0 Å². The van der Waals surface area contributed by atoms with E-state index in [1.807, 2.05) is 6.92 Å². The number of H-pyrrole nitrogens is 1. The van der Waals surface area contributed by atoms with Gasteiger partial charge in [0.05, 0.1) is 16.6 Å². The van der Waals surface area contributed by atoms with Crippen molar-refractivity contribution in [3.8, 4) is 0 Å². The topological polar surface area (TPSA) is 78.1 Å². The number of likely N-dealkylation sites (tertiary alicyclic amines) is 1. The lowest BCUT2D eigenvalue weighted by atomic mass is 9.66. The Morgan fingerprint density at radius 2 is 2.28 bits per heavy atom. The predicted octanol–water partition coefficient (Wildman–Crippen LogP) is 2.04. The van der Waals surface area contributed by atoms with Crippen LogP contribution >= 0.6 is 11.3 Å². The van der Waals surface area contributed by atoms with Crippen LogP contribution in [0.15, 0.2) is 11.1 Å². The van der Waals surface area contributed by atoms with Crippen molar-refractivity contribution in [2.24, 2.45) is 5.41 Å². The van der Waals surface area contributed by atoms with Crippen molar-refractivity contribution in [1.82, 2.24) is 20.2 Å². The summed E-state index contributed by atoms with van der Waals surface area (Å²) >= 11 is 1.35. The van der Waals surface area contributed by atoms with E-state index in [2.05, 4.69) is 27.1 Å². The Kier molecular flexibility index (Phi) is 3.19. The van der Waals surface area contributed by atoms with E-state index in [-0.39, 0.29) is 16.9 Å². The van der Waals surface area contributed by atoms with Crippen LogP contribution in [0.4, 0.5) is 0 Å². The summed E-state index contributed by atoms with van der Waals surface area (Å²) in [6.45, 7) is 4.98. The molecule has 2 bridgehead atoms. The summed E-state index contributed by atoms with van der Waals surface area (Å²) in [6, 6.07) is 1.22. The molecular formula is C18H22N4O2S. The summed E-state index contributed by atoms with van der Waals surface area (Å²) in [5.74, 6) is 0.0742. The molecule has 1 aliphatic carbocycles. The minimum absolute atomic E-state index is 0.0742. The highest BCUT2D eigenvalue weighted by Crippen LogP contribution is 2.50. The fraction of sp³-hybridized carbons (Fsp3) is 0.611. The lowest BCUT2D eigenvalue weighted by molar-refractivity contribution is 0.0134. The largest absolute Gasteiger partial charge is 0.333 e. The number of rotatable bonds is 1. The number of aromatic amines is 1. The maximum Gasteiger partial charge on any atom is 0.264 e. The molecule has 6 nitrogen and oxygen atoms in total. The molecule has 5 rings (SSSR count). The molecule has 7 heteroatoms. The van der Waals surface area contributed by atoms with Gasteiger partial charge in [0.15, 0.2) is 0 Å². The van der Waals surface area contributed by atoms with E-state index in [1.54, 1.807) is 0 Å². The quantitative estimate of drug-likeness (QED) is 0.818. The van der Waals surface area contributed by atoms with Gasteiger partial charge >= 0.3 is 0 Å². The molecule has 0 radical (unpaired) electrons. The van der Waals surface area contributed by atoms with Crippen LogP contribution in [0, 0.1) is 12.3 Å². The Balaban J connectivity index is 1.58. The van der Waals surface area contributed by atoms with Crippen LogP contribution in [0.25, 0.3) is 10.2 Å². The van der Waals surface area contributed by atoms with E-state index in [4.69, 9.17) is 0 Å². The molecule has 2 aromatic heterocycles.